The average Bonchev–Trinajstić information content (AvgIpc) is 2.60. The normalized spacial score (nSPS) is 13.5. The minimum atomic E-state index is -0.493. The molecule has 1 atom stereocenters. The number of aryl methyl sites for hydroxylation is 1. The van der Waals surface area contributed by atoms with Gasteiger partial charge in [-0.15, -0.1) is 0 Å². The second kappa shape index (κ2) is 5.31. The number of carbonyl (C=O) groups is 1. The van der Waals surface area contributed by atoms with Gasteiger partial charge in [-0.3, -0.25) is 0 Å². The molecule has 0 aliphatic rings. The average molecular weight is 239 g/mol. The van der Waals surface area contributed by atoms with Gasteiger partial charge in [0.1, 0.15) is 11.9 Å². The van der Waals surface area contributed by atoms with Crippen molar-refractivity contribution in [3.8, 4) is 0 Å². The summed E-state index contributed by atoms with van der Waals surface area (Å²) in [5.74, 6) is 0. The molecule has 0 aromatic carbocycles. The standard InChI is InChI=1S/C12H21N3O2/c1-9(13)5-6-10-7-15(8-14-10)11(16)17-12(2,3)4/h7-9H,5-6,13H2,1-4H3. The van der Waals surface area contributed by atoms with Crippen molar-refractivity contribution in [3.05, 3.63) is 18.2 Å². The first-order chi connectivity index (χ1) is 7.78. The fourth-order valence-corrected chi connectivity index (χ4v) is 1.28. The zero-order valence-corrected chi connectivity index (χ0v) is 10.9. The van der Waals surface area contributed by atoms with Crippen LogP contribution in [-0.2, 0) is 11.2 Å². The number of nitrogens with zero attached hydrogens (tertiary/aromatic N) is 2. The zero-order valence-electron chi connectivity index (χ0n) is 10.9. The molecule has 0 amide bonds. The molecule has 96 valence electrons. The molecule has 0 aliphatic heterocycles. The molecule has 5 heteroatoms. The Balaban J connectivity index is 2.58. The first-order valence-corrected chi connectivity index (χ1v) is 5.80. The summed E-state index contributed by atoms with van der Waals surface area (Å²) in [7, 11) is 0. The van der Waals surface area contributed by atoms with E-state index in [0.717, 1.165) is 18.5 Å². The fraction of sp³-hybridized carbons (Fsp3) is 0.667. The van der Waals surface area contributed by atoms with Gasteiger partial charge >= 0.3 is 6.09 Å². The van der Waals surface area contributed by atoms with Gasteiger partial charge in [-0.05, 0) is 40.5 Å². The molecule has 0 aliphatic carbocycles. The molecule has 0 fully saturated rings. The molecule has 0 bridgehead atoms. The summed E-state index contributed by atoms with van der Waals surface area (Å²) < 4.78 is 6.58. The number of carbonyl (C=O) groups excluding carboxylic acids is 1. The van der Waals surface area contributed by atoms with E-state index in [2.05, 4.69) is 4.98 Å². The van der Waals surface area contributed by atoms with Gasteiger partial charge in [0.25, 0.3) is 0 Å². The maximum absolute atomic E-state index is 11.7. The highest BCUT2D eigenvalue weighted by Crippen LogP contribution is 2.10. The van der Waals surface area contributed by atoms with Crippen molar-refractivity contribution < 1.29 is 9.53 Å². The summed E-state index contributed by atoms with van der Waals surface area (Å²) >= 11 is 0. The second-order valence-corrected chi connectivity index (χ2v) is 5.27. The maximum atomic E-state index is 11.7. The molecule has 17 heavy (non-hydrogen) atoms. The summed E-state index contributed by atoms with van der Waals surface area (Å²) in [6.07, 6.45) is 4.39. The monoisotopic (exact) mass is 239 g/mol. The van der Waals surface area contributed by atoms with E-state index in [1.54, 1.807) is 6.20 Å². The van der Waals surface area contributed by atoms with Crippen LogP contribution in [0.5, 0.6) is 0 Å². The maximum Gasteiger partial charge on any atom is 0.419 e. The van der Waals surface area contributed by atoms with E-state index < -0.39 is 11.7 Å². The van der Waals surface area contributed by atoms with E-state index in [1.807, 2.05) is 27.7 Å². The fourth-order valence-electron chi connectivity index (χ4n) is 1.28. The predicted molar refractivity (Wildman–Crippen MR) is 65.8 cm³/mol. The van der Waals surface area contributed by atoms with Crippen LogP contribution in [0.15, 0.2) is 12.5 Å². The molecule has 0 saturated carbocycles. The van der Waals surface area contributed by atoms with E-state index in [9.17, 15) is 4.79 Å². The number of imidazole rings is 1. The highest BCUT2D eigenvalue weighted by Gasteiger charge is 2.17. The van der Waals surface area contributed by atoms with Crippen LogP contribution in [-0.4, -0.2) is 27.3 Å². The van der Waals surface area contributed by atoms with Crippen LogP contribution in [0, 0.1) is 0 Å². The van der Waals surface area contributed by atoms with Crippen molar-refractivity contribution in [1.82, 2.24) is 9.55 Å². The van der Waals surface area contributed by atoms with Crippen LogP contribution in [0.1, 0.15) is 39.8 Å². The van der Waals surface area contributed by atoms with E-state index >= 15 is 0 Å². The van der Waals surface area contributed by atoms with Crippen molar-refractivity contribution in [2.45, 2.75) is 52.2 Å². The summed E-state index contributed by atoms with van der Waals surface area (Å²) in [6.45, 7) is 7.45. The van der Waals surface area contributed by atoms with Crippen LogP contribution in [0.4, 0.5) is 4.79 Å². The van der Waals surface area contributed by atoms with E-state index in [4.69, 9.17) is 10.5 Å². The molecule has 2 N–H and O–H groups in total. The third-order valence-electron chi connectivity index (χ3n) is 2.10. The molecular weight excluding hydrogens is 218 g/mol. The summed E-state index contributed by atoms with van der Waals surface area (Å²) in [5, 5.41) is 0. The quantitative estimate of drug-likeness (QED) is 0.875. The number of rotatable bonds is 3. The third kappa shape index (κ3) is 4.99. The molecule has 1 rings (SSSR count). The molecule has 5 nitrogen and oxygen atoms in total. The first-order valence-electron chi connectivity index (χ1n) is 5.80. The van der Waals surface area contributed by atoms with Gasteiger partial charge in [0.2, 0.25) is 0 Å². The number of ether oxygens (including phenoxy) is 1. The highest BCUT2D eigenvalue weighted by molar-refractivity contribution is 5.70. The molecule has 1 heterocycles. The Morgan fingerprint density at radius 1 is 1.59 bits per heavy atom. The van der Waals surface area contributed by atoms with Crippen LogP contribution in [0.2, 0.25) is 0 Å². The lowest BCUT2D eigenvalue weighted by atomic mass is 10.1. The lowest BCUT2D eigenvalue weighted by Gasteiger charge is -2.19. The Labute approximate surface area is 102 Å². The lowest BCUT2D eigenvalue weighted by molar-refractivity contribution is 0.0536. The van der Waals surface area contributed by atoms with Gasteiger partial charge < -0.3 is 10.5 Å². The first kappa shape index (κ1) is 13.7. The molecule has 1 unspecified atom stereocenters. The Hall–Kier alpha value is -1.36. The van der Waals surface area contributed by atoms with Gasteiger partial charge in [-0.1, -0.05) is 0 Å². The van der Waals surface area contributed by atoms with Crippen molar-refractivity contribution in [2.75, 3.05) is 0 Å². The van der Waals surface area contributed by atoms with Crippen molar-refractivity contribution >= 4 is 6.09 Å². The number of aromatic nitrogens is 2. The third-order valence-corrected chi connectivity index (χ3v) is 2.10. The number of hydrogen-bond donors (Lipinski definition) is 1. The van der Waals surface area contributed by atoms with Crippen molar-refractivity contribution in [2.24, 2.45) is 5.73 Å². The largest absolute Gasteiger partial charge is 0.443 e. The van der Waals surface area contributed by atoms with Gasteiger partial charge in [0, 0.05) is 12.2 Å². The molecule has 1 aromatic rings. The summed E-state index contributed by atoms with van der Waals surface area (Å²) in [4.78, 5) is 15.8. The number of nitrogens with two attached hydrogens (primary N) is 1. The van der Waals surface area contributed by atoms with Crippen LogP contribution < -0.4 is 5.73 Å². The van der Waals surface area contributed by atoms with Crippen LogP contribution in [0.3, 0.4) is 0 Å². The van der Waals surface area contributed by atoms with Gasteiger partial charge in [0.05, 0.1) is 5.69 Å². The van der Waals surface area contributed by atoms with E-state index in [-0.39, 0.29) is 6.04 Å². The van der Waals surface area contributed by atoms with Crippen LogP contribution in [0.25, 0.3) is 0 Å². The Bertz CT molecular complexity index is 377. The van der Waals surface area contributed by atoms with Crippen molar-refractivity contribution in [1.29, 1.82) is 0 Å². The van der Waals surface area contributed by atoms with Gasteiger partial charge in [-0.25, -0.2) is 14.3 Å². The predicted octanol–water partition coefficient (Wildman–Crippen LogP) is 1.95. The van der Waals surface area contributed by atoms with Crippen LogP contribution >= 0.6 is 0 Å². The SMILES string of the molecule is CC(N)CCc1cn(C(=O)OC(C)(C)C)cn1. The lowest BCUT2D eigenvalue weighted by Crippen LogP contribution is -2.26. The molecule has 0 saturated heterocycles. The second-order valence-electron chi connectivity index (χ2n) is 5.27. The smallest absolute Gasteiger partial charge is 0.419 e. The Morgan fingerprint density at radius 3 is 2.76 bits per heavy atom. The summed E-state index contributed by atoms with van der Waals surface area (Å²) in [6, 6.07) is 0.140. The molecular formula is C12H21N3O2. The minimum absolute atomic E-state index is 0.140. The zero-order chi connectivity index (χ0) is 13.1. The minimum Gasteiger partial charge on any atom is -0.443 e. The topological polar surface area (TPSA) is 70.1 Å². The molecule has 0 spiro atoms. The van der Waals surface area contributed by atoms with Gasteiger partial charge in [-0.2, -0.15) is 0 Å². The van der Waals surface area contributed by atoms with E-state index in [1.165, 1.54) is 10.9 Å². The van der Waals surface area contributed by atoms with Gasteiger partial charge in [0.15, 0.2) is 0 Å². The Kier molecular flexibility index (Phi) is 4.28. The summed E-state index contributed by atoms with van der Waals surface area (Å²) in [5.41, 5.74) is 6.03. The van der Waals surface area contributed by atoms with Crippen molar-refractivity contribution in [3.63, 3.8) is 0 Å². The highest BCUT2D eigenvalue weighted by atomic mass is 16.6. The molecule has 0 radical (unpaired) electrons. The Morgan fingerprint density at radius 2 is 2.24 bits per heavy atom. The molecule has 1 aromatic heterocycles. The van der Waals surface area contributed by atoms with E-state index in [0.29, 0.717) is 0 Å². The number of hydrogen-bond acceptors (Lipinski definition) is 4.